The summed E-state index contributed by atoms with van der Waals surface area (Å²) in [4.78, 5) is 31.8. The number of carbonyl (C=O) groups excluding carboxylic acids is 2. The lowest BCUT2D eigenvalue weighted by molar-refractivity contribution is -0.136. The molecular weight excluding hydrogens is 472 g/mol. The van der Waals surface area contributed by atoms with Gasteiger partial charge >= 0.3 is 6.18 Å². The first-order valence-corrected chi connectivity index (χ1v) is 10.8. The van der Waals surface area contributed by atoms with Crippen LogP contribution in [0.15, 0.2) is 30.5 Å². The zero-order chi connectivity index (χ0) is 25.1. The van der Waals surface area contributed by atoms with Gasteiger partial charge < -0.3 is 19.6 Å². The van der Waals surface area contributed by atoms with E-state index in [1.165, 1.54) is 30.3 Å². The van der Waals surface area contributed by atoms with E-state index in [0.717, 1.165) is 34.3 Å². The summed E-state index contributed by atoms with van der Waals surface area (Å²) in [7, 11) is 1.38. The van der Waals surface area contributed by atoms with Crippen molar-refractivity contribution in [3.05, 3.63) is 53.1 Å². The van der Waals surface area contributed by atoms with E-state index in [1.807, 2.05) is 0 Å². The monoisotopic (exact) mass is 492 g/mol. The SMILES string of the molecule is COc1ccc(N2CCN(C(=O)c3nc4c(C(F)(F)F)cc(C5CC5)cn4c3O)CC2=O)c(F)c1. The summed E-state index contributed by atoms with van der Waals surface area (Å²) in [5.41, 5.74) is -1.80. The highest BCUT2D eigenvalue weighted by molar-refractivity contribution is 6.02. The number of rotatable bonds is 4. The maximum atomic E-state index is 14.4. The summed E-state index contributed by atoms with van der Waals surface area (Å²) in [6.07, 6.45) is -1.90. The van der Waals surface area contributed by atoms with E-state index in [-0.39, 0.29) is 30.4 Å². The van der Waals surface area contributed by atoms with Gasteiger partial charge in [-0.25, -0.2) is 9.37 Å². The third kappa shape index (κ3) is 4.02. The van der Waals surface area contributed by atoms with Crippen LogP contribution in [0.4, 0.5) is 23.2 Å². The average Bonchev–Trinajstić information content (AvgIpc) is 3.61. The zero-order valence-electron chi connectivity index (χ0n) is 18.5. The minimum atomic E-state index is -4.74. The third-order valence-corrected chi connectivity index (χ3v) is 6.23. The van der Waals surface area contributed by atoms with E-state index in [2.05, 4.69) is 4.98 Å². The molecule has 0 spiro atoms. The van der Waals surface area contributed by atoms with Crippen LogP contribution in [-0.2, 0) is 11.0 Å². The molecule has 1 aromatic carbocycles. The van der Waals surface area contributed by atoms with Crippen LogP contribution >= 0.6 is 0 Å². The largest absolute Gasteiger partial charge is 0.497 e. The zero-order valence-corrected chi connectivity index (χ0v) is 18.5. The molecule has 0 radical (unpaired) electrons. The Kier molecular flexibility index (Phi) is 5.33. The number of anilines is 1. The fourth-order valence-corrected chi connectivity index (χ4v) is 4.23. The standard InChI is InChI=1S/C23H20F4N4O4/c1-35-14-4-5-17(16(24)9-14)30-7-6-29(11-18(30)32)21(33)19-22(34)31-10-13(12-2-3-12)8-15(20(31)28-19)23(25,26)27/h4-5,8-10,12,34H,2-3,6-7,11H2,1H3. The van der Waals surface area contributed by atoms with Gasteiger partial charge in [-0.05, 0) is 42.5 Å². The highest BCUT2D eigenvalue weighted by Gasteiger charge is 2.39. The molecule has 3 heterocycles. The molecule has 0 unspecified atom stereocenters. The van der Waals surface area contributed by atoms with Gasteiger partial charge in [0.25, 0.3) is 5.91 Å². The van der Waals surface area contributed by atoms with Crippen LogP contribution in [0.2, 0.25) is 0 Å². The van der Waals surface area contributed by atoms with Gasteiger partial charge in [-0.2, -0.15) is 13.2 Å². The Balaban J connectivity index is 1.43. The van der Waals surface area contributed by atoms with Gasteiger partial charge in [0, 0.05) is 25.4 Å². The average molecular weight is 492 g/mol. The molecule has 12 heteroatoms. The number of aromatic hydroxyl groups is 1. The molecule has 8 nitrogen and oxygen atoms in total. The van der Waals surface area contributed by atoms with Gasteiger partial charge in [0.2, 0.25) is 11.8 Å². The quantitative estimate of drug-likeness (QED) is 0.563. The number of fused-ring (bicyclic) bond motifs is 1. The van der Waals surface area contributed by atoms with Gasteiger partial charge in [0.05, 0.1) is 18.4 Å². The summed E-state index contributed by atoms with van der Waals surface area (Å²) in [5, 5.41) is 10.6. The van der Waals surface area contributed by atoms with E-state index in [9.17, 15) is 32.3 Å². The Labute approximate surface area is 196 Å². The van der Waals surface area contributed by atoms with Gasteiger partial charge in [0.1, 0.15) is 12.3 Å². The van der Waals surface area contributed by atoms with E-state index in [4.69, 9.17) is 4.74 Å². The molecule has 1 saturated carbocycles. The number of piperazine rings is 1. The number of methoxy groups -OCH3 is 1. The predicted octanol–water partition coefficient (Wildman–Crippen LogP) is 3.57. The lowest BCUT2D eigenvalue weighted by Crippen LogP contribution is -2.52. The lowest BCUT2D eigenvalue weighted by atomic mass is 10.1. The van der Waals surface area contributed by atoms with Crippen molar-refractivity contribution in [2.45, 2.75) is 24.9 Å². The number of aromatic nitrogens is 2. The molecule has 1 aliphatic carbocycles. The maximum absolute atomic E-state index is 14.4. The number of pyridine rings is 1. The van der Waals surface area contributed by atoms with Crippen molar-refractivity contribution in [2.75, 3.05) is 31.6 Å². The van der Waals surface area contributed by atoms with Crippen LogP contribution in [0.1, 0.15) is 40.4 Å². The van der Waals surface area contributed by atoms with Gasteiger partial charge in [-0.15, -0.1) is 0 Å². The van der Waals surface area contributed by atoms with Crippen molar-refractivity contribution in [1.82, 2.24) is 14.3 Å². The second-order valence-electron chi connectivity index (χ2n) is 8.53. The van der Waals surface area contributed by atoms with Crippen LogP contribution in [-0.4, -0.2) is 57.9 Å². The number of carbonyl (C=O) groups is 2. The van der Waals surface area contributed by atoms with E-state index < -0.39 is 53.1 Å². The Hall–Kier alpha value is -3.83. The van der Waals surface area contributed by atoms with Crippen molar-refractivity contribution < 1.29 is 37.0 Å². The first-order chi connectivity index (χ1) is 16.6. The number of hydrogen-bond donors (Lipinski definition) is 1. The first-order valence-electron chi connectivity index (χ1n) is 10.8. The first kappa shape index (κ1) is 22.9. The van der Waals surface area contributed by atoms with Crippen molar-refractivity contribution in [2.24, 2.45) is 0 Å². The van der Waals surface area contributed by atoms with Crippen LogP contribution in [0.3, 0.4) is 0 Å². The molecule has 0 atom stereocenters. The van der Waals surface area contributed by atoms with Gasteiger partial charge in [-0.1, -0.05) is 0 Å². The lowest BCUT2D eigenvalue weighted by Gasteiger charge is -2.34. The number of amides is 2. The summed E-state index contributed by atoms with van der Waals surface area (Å²) < 4.78 is 61.3. The van der Waals surface area contributed by atoms with Crippen LogP contribution in [0.25, 0.3) is 5.65 Å². The van der Waals surface area contributed by atoms with Gasteiger partial charge in [-0.3, -0.25) is 14.0 Å². The Bertz CT molecular complexity index is 1350. The second kappa shape index (κ2) is 8.14. The molecule has 2 amide bonds. The fourth-order valence-electron chi connectivity index (χ4n) is 4.23. The second-order valence-corrected chi connectivity index (χ2v) is 8.53. The number of hydrogen-bond acceptors (Lipinski definition) is 5. The summed E-state index contributed by atoms with van der Waals surface area (Å²) in [6, 6.07) is 5.00. The van der Waals surface area contributed by atoms with E-state index in [0.29, 0.717) is 5.56 Å². The number of nitrogens with zero attached hydrogens (tertiary/aromatic N) is 4. The third-order valence-electron chi connectivity index (χ3n) is 6.23. The van der Waals surface area contributed by atoms with Crippen molar-refractivity contribution in [3.8, 4) is 11.6 Å². The predicted molar refractivity (Wildman–Crippen MR) is 115 cm³/mol. The Morgan fingerprint density at radius 3 is 2.54 bits per heavy atom. The minimum Gasteiger partial charge on any atom is -0.497 e. The van der Waals surface area contributed by atoms with E-state index in [1.54, 1.807) is 0 Å². The highest BCUT2D eigenvalue weighted by atomic mass is 19.4. The fraction of sp³-hybridized carbons (Fsp3) is 0.348. The Morgan fingerprint density at radius 1 is 1.20 bits per heavy atom. The van der Waals surface area contributed by atoms with Crippen LogP contribution < -0.4 is 9.64 Å². The molecule has 2 fully saturated rings. The number of alkyl halides is 3. The number of ether oxygens (including phenoxy) is 1. The molecule has 0 bridgehead atoms. The van der Waals surface area contributed by atoms with Crippen LogP contribution in [0, 0.1) is 5.82 Å². The Morgan fingerprint density at radius 2 is 1.94 bits per heavy atom. The molecule has 1 saturated heterocycles. The normalized spacial score (nSPS) is 16.8. The van der Waals surface area contributed by atoms with E-state index >= 15 is 0 Å². The molecule has 3 aromatic rings. The molecular formula is C23H20F4N4O4. The van der Waals surface area contributed by atoms with Gasteiger partial charge in [0.15, 0.2) is 17.2 Å². The molecule has 35 heavy (non-hydrogen) atoms. The minimum absolute atomic E-state index is 0.0147. The number of benzene rings is 1. The molecule has 1 N–H and O–H groups in total. The molecule has 5 rings (SSSR count). The van der Waals surface area contributed by atoms with Crippen molar-refractivity contribution in [3.63, 3.8) is 0 Å². The topological polar surface area (TPSA) is 87.4 Å². The molecule has 2 aromatic heterocycles. The molecule has 184 valence electrons. The summed E-state index contributed by atoms with van der Waals surface area (Å²) in [5.74, 6) is -2.65. The summed E-state index contributed by atoms with van der Waals surface area (Å²) in [6.45, 7) is -0.554. The van der Waals surface area contributed by atoms with Crippen molar-refractivity contribution in [1.29, 1.82) is 0 Å². The number of imidazole rings is 1. The number of halogens is 4. The molecule has 1 aliphatic heterocycles. The smallest absolute Gasteiger partial charge is 0.419 e. The maximum Gasteiger partial charge on any atom is 0.419 e. The van der Waals surface area contributed by atoms with Crippen molar-refractivity contribution >= 4 is 23.1 Å². The molecule has 2 aliphatic rings. The highest BCUT2D eigenvalue weighted by Crippen LogP contribution is 2.43. The summed E-state index contributed by atoms with van der Waals surface area (Å²) >= 11 is 0. The van der Waals surface area contributed by atoms with Crippen LogP contribution in [0.5, 0.6) is 11.6 Å².